The predicted octanol–water partition coefficient (Wildman–Crippen LogP) is 3.22. The minimum atomic E-state index is 0.408. The molecule has 0 aromatic carbocycles. The maximum absolute atomic E-state index is 5.58. The van der Waals surface area contributed by atoms with Crippen LogP contribution in [0.25, 0.3) is 0 Å². The molecule has 0 spiro atoms. The van der Waals surface area contributed by atoms with Gasteiger partial charge in [0.2, 0.25) is 0 Å². The number of halogens is 1. The molecular weight excluding hydrogens is 204 g/mol. The second-order valence-electron chi connectivity index (χ2n) is 3.22. The first kappa shape index (κ1) is 11.4. The molecule has 0 aromatic rings. The van der Waals surface area contributed by atoms with Crippen molar-refractivity contribution in [3.63, 3.8) is 0 Å². The van der Waals surface area contributed by atoms with Gasteiger partial charge < -0.3 is 4.74 Å². The fraction of sp³-hybridized carbons (Fsp3) is 1.00. The zero-order valence-corrected chi connectivity index (χ0v) is 9.36. The van der Waals surface area contributed by atoms with E-state index in [0.717, 1.165) is 11.9 Å². The van der Waals surface area contributed by atoms with Crippen molar-refractivity contribution in [2.24, 2.45) is 5.92 Å². The van der Waals surface area contributed by atoms with Crippen molar-refractivity contribution in [2.45, 2.75) is 39.7 Å². The molecule has 0 rings (SSSR count). The van der Waals surface area contributed by atoms with Crippen LogP contribution in [0.5, 0.6) is 0 Å². The summed E-state index contributed by atoms with van der Waals surface area (Å²) in [6.07, 6.45) is 2.79. The molecule has 68 valence electrons. The van der Waals surface area contributed by atoms with E-state index in [-0.39, 0.29) is 0 Å². The molecule has 0 aliphatic carbocycles. The molecule has 0 aliphatic heterocycles. The molecule has 0 fully saturated rings. The second-order valence-corrected chi connectivity index (χ2v) is 4.01. The highest BCUT2D eigenvalue weighted by Gasteiger charge is 2.05. The van der Waals surface area contributed by atoms with Gasteiger partial charge in [-0.1, -0.05) is 29.8 Å². The Morgan fingerprint density at radius 3 is 2.27 bits per heavy atom. The summed E-state index contributed by atoms with van der Waals surface area (Å²) in [7, 11) is 0. The predicted molar refractivity (Wildman–Crippen MR) is 53.3 cm³/mol. The summed E-state index contributed by atoms with van der Waals surface area (Å²) in [6, 6.07) is 0. The van der Waals surface area contributed by atoms with Gasteiger partial charge in [0.15, 0.2) is 0 Å². The normalized spacial score (nSPS) is 13.9. The third-order valence-corrected chi connectivity index (χ3v) is 2.41. The van der Waals surface area contributed by atoms with Gasteiger partial charge >= 0.3 is 0 Å². The smallest absolute Gasteiger partial charge is 0.0569 e. The molecule has 1 nitrogen and oxygen atoms in total. The van der Waals surface area contributed by atoms with Crippen LogP contribution in [0.15, 0.2) is 0 Å². The highest BCUT2D eigenvalue weighted by molar-refractivity contribution is 9.09. The standard InChI is InChI=1S/C9H19BrO/c1-8(2)9(3)11-7-5-4-6-10/h8-9H,4-7H2,1-3H3. The summed E-state index contributed by atoms with van der Waals surface area (Å²) in [5.74, 6) is 0.638. The van der Waals surface area contributed by atoms with Crippen molar-refractivity contribution < 1.29 is 4.74 Å². The van der Waals surface area contributed by atoms with Crippen LogP contribution in [0.2, 0.25) is 0 Å². The van der Waals surface area contributed by atoms with Gasteiger partial charge in [-0.15, -0.1) is 0 Å². The first-order valence-corrected chi connectivity index (χ1v) is 5.48. The molecule has 1 atom stereocenters. The van der Waals surface area contributed by atoms with E-state index in [0.29, 0.717) is 12.0 Å². The van der Waals surface area contributed by atoms with Gasteiger partial charge in [-0.2, -0.15) is 0 Å². The minimum absolute atomic E-state index is 0.408. The molecule has 0 amide bonds. The van der Waals surface area contributed by atoms with Gasteiger partial charge in [-0.05, 0) is 25.7 Å². The number of hydrogen-bond donors (Lipinski definition) is 0. The first-order chi connectivity index (χ1) is 5.18. The first-order valence-electron chi connectivity index (χ1n) is 4.36. The molecule has 2 heteroatoms. The van der Waals surface area contributed by atoms with Crippen LogP contribution in [0.4, 0.5) is 0 Å². The Morgan fingerprint density at radius 1 is 1.18 bits per heavy atom. The zero-order chi connectivity index (χ0) is 8.69. The monoisotopic (exact) mass is 222 g/mol. The largest absolute Gasteiger partial charge is 0.378 e. The van der Waals surface area contributed by atoms with E-state index in [1.54, 1.807) is 0 Å². The quantitative estimate of drug-likeness (QED) is 0.496. The van der Waals surface area contributed by atoms with Crippen LogP contribution in [-0.2, 0) is 4.74 Å². The van der Waals surface area contributed by atoms with E-state index < -0.39 is 0 Å². The summed E-state index contributed by atoms with van der Waals surface area (Å²) >= 11 is 3.39. The molecule has 1 unspecified atom stereocenters. The van der Waals surface area contributed by atoms with E-state index in [1.165, 1.54) is 12.8 Å². The summed E-state index contributed by atoms with van der Waals surface area (Å²) in [5, 5.41) is 1.09. The van der Waals surface area contributed by atoms with Gasteiger partial charge in [0, 0.05) is 11.9 Å². The summed E-state index contributed by atoms with van der Waals surface area (Å²) in [6.45, 7) is 7.42. The van der Waals surface area contributed by atoms with Crippen molar-refractivity contribution in [1.82, 2.24) is 0 Å². The molecule has 0 aromatic heterocycles. The number of hydrogen-bond acceptors (Lipinski definition) is 1. The Bertz CT molecular complexity index is 83.6. The maximum Gasteiger partial charge on any atom is 0.0569 e. The van der Waals surface area contributed by atoms with Crippen LogP contribution < -0.4 is 0 Å². The van der Waals surface area contributed by atoms with Crippen LogP contribution in [0, 0.1) is 5.92 Å². The van der Waals surface area contributed by atoms with E-state index in [9.17, 15) is 0 Å². The van der Waals surface area contributed by atoms with Crippen LogP contribution in [0.3, 0.4) is 0 Å². The highest BCUT2D eigenvalue weighted by Crippen LogP contribution is 2.06. The number of ether oxygens (including phenoxy) is 1. The van der Waals surface area contributed by atoms with E-state index >= 15 is 0 Å². The highest BCUT2D eigenvalue weighted by atomic mass is 79.9. The lowest BCUT2D eigenvalue weighted by atomic mass is 10.1. The molecule has 11 heavy (non-hydrogen) atoms. The van der Waals surface area contributed by atoms with E-state index in [2.05, 4.69) is 36.7 Å². The van der Waals surface area contributed by atoms with E-state index in [4.69, 9.17) is 4.74 Å². The van der Waals surface area contributed by atoms with Crippen molar-refractivity contribution >= 4 is 15.9 Å². The van der Waals surface area contributed by atoms with E-state index in [1.807, 2.05) is 0 Å². The van der Waals surface area contributed by atoms with Crippen molar-refractivity contribution in [3.05, 3.63) is 0 Å². The van der Waals surface area contributed by atoms with Gasteiger partial charge in [0.05, 0.1) is 6.10 Å². The number of rotatable bonds is 6. The fourth-order valence-corrected chi connectivity index (χ4v) is 1.05. The molecule has 0 bridgehead atoms. The molecule has 0 radical (unpaired) electrons. The van der Waals surface area contributed by atoms with Gasteiger partial charge in [-0.3, -0.25) is 0 Å². The van der Waals surface area contributed by atoms with Crippen LogP contribution in [-0.4, -0.2) is 18.0 Å². The minimum Gasteiger partial charge on any atom is -0.378 e. The molecule has 0 saturated carbocycles. The van der Waals surface area contributed by atoms with Crippen LogP contribution >= 0.6 is 15.9 Å². The Balaban J connectivity index is 3.10. The lowest BCUT2D eigenvalue weighted by Gasteiger charge is -2.15. The molecule has 0 aliphatic rings. The van der Waals surface area contributed by atoms with Crippen molar-refractivity contribution in [2.75, 3.05) is 11.9 Å². The third-order valence-electron chi connectivity index (χ3n) is 1.85. The molecule has 0 N–H and O–H groups in total. The number of alkyl halides is 1. The third kappa shape index (κ3) is 6.82. The lowest BCUT2D eigenvalue weighted by Crippen LogP contribution is -2.15. The second kappa shape index (κ2) is 7.11. The van der Waals surface area contributed by atoms with Crippen molar-refractivity contribution in [3.8, 4) is 0 Å². The Kier molecular flexibility index (Phi) is 7.39. The number of unbranched alkanes of at least 4 members (excludes halogenated alkanes) is 1. The fourth-order valence-electron chi connectivity index (χ4n) is 0.658. The lowest BCUT2D eigenvalue weighted by molar-refractivity contribution is 0.0340. The topological polar surface area (TPSA) is 9.23 Å². The molecule has 0 saturated heterocycles. The summed E-state index contributed by atoms with van der Waals surface area (Å²) in [4.78, 5) is 0. The average Bonchev–Trinajstić information content (AvgIpc) is 1.97. The molecular formula is C9H19BrO. The SMILES string of the molecule is CC(C)C(C)OCCCCBr. The van der Waals surface area contributed by atoms with Gasteiger partial charge in [-0.25, -0.2) is 0 Å². The summed E-state index contributed by atoms with van der Waals surface area (Å²) < 4.78 is 5.58. The Hall–Kier alpha value is 0.440. The average molecular weight is 223 g/mol. The molecule has 0 heterocycles. The van der Waals surface area contributed by atoms with Crippen LogP contribution in [0.1, 0.15) is 33.6 Å². The van der Waals surface area contributed by atoms with Crippen molar-refractivity contribution in [1.29, 1.82) is 0 Å². The Labute approximate surface area is 78.6 Å². The maximum atomic E-state index is 5.58. The summed E-state index contributed by atoms with van der Waals surface area (Å²) in [5.41, 5.74) is 0. The zero-order valence-electron chi connectivity index (χ0n) is 7.77. The van der Waals surface area contributed by atoms with Gasteiger partial charge in [0.25, 0.3) is 0 Å². The Morgan fingerprint density at radius 2 is 1.82 bits per heavy atom. The van der Waals surface area contributed by atoms with Gasteiger partial charge in [0.1, 0.15) is 0 Å².